The van der Waals surface area contributed by atoms with Crippen molar-refractivity contribution in [2.24, 2.45) is 5.92 Å². The van der Waals surface area contributed by atoms with E-state index in [2.05, 4.69) is 27.7 Å². The maximum atomic E-state index is 12.7. The van der Waals surface area contributed by atoms with Crippen molar-refractivity contribution in [2.45, 2.75) is 53.1 Å². The van der Waals surface area contributed by atoms with Crippen molar-refractivity contribution in [3.05, 3.63) is 23.8 Å². The van der Waals surface area contributed by atoms with Gasteiger partial charge in [0, 0.05) is 0 Å². The van der Waals surface area contributed by atoms with Gasteiger partial charge in [-0.1, -0.05) is 39.8 Å². The van der Waals surface area contributed by atoms with E-state index in [0.717, 1.165) is 17.0 Å². The van der Waals surface area contributed by atoms with Gasteiger partial charge in [0.1, 0.15) is 18.3 Å². The van der Waals surface area contributed by atoms with Gasteiger partial charge in [0.05, 0.1) is 18.8 Å². The largest absolute Gasteiger partial charge is 0.486 e. The summed E-state index contributed by atoms with van der Waals surface area (Å²) in [6, 6.07) is 5.83. The Morgan fingerprint density at radius 3 is 2.58 bits per heavy atom. The molecule has 0 aliphatic carbocycles. The number of para-hydroxylation sites is 1. The molecule has 0 bridgehead atoms. The van der Waals surface area contributed by atoms with Crippen LogP contribution in [0, 0.1) is 5.92 Å². The monoisotopic (exact) mass is 333 g/mol. The molecule has 0 spiro atoms. The Labute approximate surface area is 143 Å². The summed E-state index contributed by atoms with van der Waals surface area (Å²) in [5.41, 5.74) is 1.82. The lowest BCUT2D eigenvalue weighted by Crippen LogP contribution is -2.46. The molecule has 0 aromatic heterocycles. The lowest BCUT2D eigenvalue weighted by Gasteiger charge is -2.38. The number of carbonyl (C=O) groups excluding carboxylic acids is 2. The van der Waals surface area contributed by atoms with Gasteiger partial charge in [-0.05, 0) is 30.4 Å². The second-order valence-corrected chi connectivity index (χ2v) is 6.74. The Kier molecular flexibility index (Phi) is 5.86. The van der Waals surface area contributed by atoms with Crippen molar-refractivity contribution < 1.29 is 19.1 Å². The van der Waals surface area contributed by atoms with Crippen LogP contribution in [0.3, 0.4) is 0 Å². The number of ether oxygens (including phenoxy) is 2. The van der Waals surface area contributed by atoms with Crippen LogP contribution in [0.5, 0.6) is 5.75 Å². The van der Waals surface area contributed by atoms with Crippen LogP contribution in [0.4, 0.5) is 5.69 Å². The normalized spacial score (nSPS) is 16.8. The summed E-state index contributed by atoms with van der Waals surface area (Å²) >= 11 is 0. The van der Waals surface area contributed by atoms with E-state index in [0.29, 0.717) is 6.54 Å². The van der Waals surface area contributed by atoms with Crippen molar-refractivity contribution in [1.29, 1.82) is 0 Å². The molecule has 0 saturated carbocycles. The van der Waals surface area contributed by atoms with Gasteiger partial charge in [0.25, 0.3) is 0 Å². The first-order chi connectivity index (χ1) is 11.3. The zero-order valence-corrected chi connectivity index (χ0v) is 15.2. The van der Waals surface area contributed by atoms with Crippen LogP contribution >= 0.6 is 0 Å². The smallest absolute Gasteiger partial charge is 0.315 e. The first-order valence-corrected chi connectivity index (χ1v) is 8.60. The third-order valence-corrected chi connectivity index (χ3v) is 4.21. The molecule has 0 radical (unpaired) electrons. The molecule has 2 rings (SSSR count). The Bertz CT molecular complexity index is 609. The average Bonchev–Trinajstić information content (AvgIpc) is 2.52. The lowest BCUT2D eigenvalue weighted by molar-refractivity contribution is -0.145. The van der Waals surface area contributed by atoms with Gasteiger partial charge in [0.15, 0.2) is 0 Å². The fraction of sp³-hybridized carbons (Fsp3) is 0.579. The summed E-state index contributed by atoms with van der Waals surface area (Å²) in [5, 5.41) is 0. The number of fused-ring (bicyclic) bond motifs is 1. The standard InChI is InChI=1S/C19H27NO4/c1-6-23-18(22)10-17(21)20-11-16(13(4)5)24-19-14(12(2)3)8-7-9-15(19)20/h7-9,12-13,16H,6,10-11H2,1-5H3. The van der Waals surface area contributed by atoms with Gasteiger partial charge >= 0.3 is 5.97 Å². The summed E-state index contributed by atoms with van der Waals surface area (Å²) in [7, 11) is 0. The Hall–Kier alpha value is -2.04. The van der Waals surface area contributed by atoms with E-state index < -0.39 is 5.97 Å². The summed E-state index contributed by atoms with van der Waals surface area (Å²) in [4.78, 5) is 26.0. The van der Waals surface area contributed by atoms with E-state index in [1.54, 1.807) is 11.8 Å². The van der Waals surface area contributed by atoms with Crippen LogP contribution in [-0.4, -0.2) is 31.1 Å². The Morgan fingerprint density at radius 1 is 1.29 bits per heavy atom. The fourth-order valence-electron chi connectivity index (χ4n) is 2.82. The van der Waals surface area contributed by atoms with Crippen molar-refractivity contribution in [3.8, 4) is 5.75 Å². The molecule has 0 saturated heterocycles. The van der Waals surface area contributed by atoms with Crippen molar-refractivity contribution in [3.63, 3.8) is 0 Å². The molecule has 5 nitrogen and oxygen atoms in total. The molecule has 1 aromatic carbocycles. The molecular weight excluding hydrogens is 306 g/mol. The number of anilines is 1. The molecule has 0 fully saturated rings. The number of rotatable bonds is 5. The van der Waals surface area contributed by atoms with Crippen LogP contribution in [0.25, 0.3) is 0 Å². The zero-order chi connectivity index (χ0) is 17.9. The quantitative estimate of drug-likeness (QED) is 0.611. The van der Waals surface area contributed by atoms with Gasteiger partial charge in [0.2, 0.25) is 5.91 Å². The minimum absolute atomic E-state index is 0.0939. The molecule has 1 aliphatic heterocycles. The van der Waals surface area contributed by atoms with E-state index in [-0.39, 0.29) is 36.9 Å². The summed E-state index contributed by atoms with van der Waals surface area (Å²) in [6.07, 6.45) is -0.340. The predicted octanol–water partition coefficient (Wildman–Crippen LogP) is 3.51. The Balaban J connectivity index is 2.37. The summed E-state index contributed by atoms with van der Waals surface area (Å²) in [6.45, 7) is 10.8. The molecule has 0 N–H and O–H groups in total. The molecule has 1 heterocycles. The minimum Gasteiger partial charge on any atom is -0.486 e. The molecule has 1 atom stereocenters. The molecule has 1 unspecified atom stereocenters. The number of esters is 1. The minimum atomic E-state index is -0.489. The average molecular weight is 333 g/mol. The van der Waals surface area contributed by atoms with E-state index >= 15 is 0 Å². The zero-order valence-electron chi connectivity index (χ0n) is 15.2. The van der Waals surface area contributed by atoms with Gasteiger partial charge < -0.3 is 14.4 Å². The fourth-order valence-corrected chi connectivity index (χ4v) is 2.82. The van der Waals surface area contributed by atoms with Crippen molar-refractivity contribution >= 4 is 17.6 Å². The molecular formula is C19H27NO4. The molecule has 1 aliphatic rings. The van der Waals surface area contributed by atoms with E-state index in [4.69, 9.17) is 9.47 Å². The van der Waals surface area contributed by atoms with Crippen LogP contribution in [0.15, 0.2) is 18.2 Å². The van der Waals surface area contributed by atoms with Crippen LogP contribution in [0.2, 0.25) is 0 Å². The van der Waals surface area contributed by atoms with E-state index in [1.165, 1.54) is 0 Å². The summed E-state index contributed by atoms with van der Waals surface area (Å²) in [5.74, 6) is 0.569. The predicted molar refractivity (Wildman–Crippen MR) is 93.4 cm³/mol. The van der Waals surface area contributed by atoms with Crippen LogP contribution in [0.1, 0.15) is 52.5 Å². The highest BCUT2D eigenvalue weighted by Crippen LogP contribution is 2.41. The molecule has 5 heteroatoms. The number of hydrogen-bond acceptors (Lipinski definition) is 4. The lowest BCUT2D eigenvalue weighted by atomic mass is 9.97. The molecule has 1 amide bonds. The summed E-state index contributed by atoms with van der Waals surface area (Å²) < 4.78 is 11.1. The van der Waals surface area contributed by atoms with Gasteiger partial charge in [-0.3, -0.25) is 9.59 Å². The van der Waals surface area contributed by atoms with Crippen molar-refractivity contribution in [2.75, 3.05) is 18.1 Å². The van der Waals surface area contributed by atoms with Gasteiger partial charge in [-0.15, -0.1) is 0 Å². The maximum absolute atomic E-state index is 12.7. The first kappa shape index (κ1) is 18.3. The SMILES string of the molecule is CCOC(=O)CC(=O)N1CC(C(C)C)Oc2c(C(C)C)cccc21. The first-order valence-electron chi connectivity index (χ1n) is 8.60. The highest BCUT2D eigenvalue weighted by Gasteiger charge is 2.33. The third-order valence-electron chi connectivity index (χ3n) is 4.21. The van der Waals surface area contributed by atoms with E-state index in [9.17, 15) is 9.59 Å². The second-order valence-electron chi connectivity index (χ2n) is 6.74. The number of hydrogen-bond donors (Lipinski definition) is 0. The van der Waals surface area contributed by atoms with Gasteiger partial charge in [-0.2, -0.15) is 0 Å². The van der Waals surface area contributed by atoms with Crippen molar-refractivity contribution in [1.82, 2.24) is 0 Å². The Morgan fingerprint density at radius 2 is 2.00 bits per heavy atom. The van der Waals surface area contributed by atoms with Crippen LogP contribution < -0.4 is 9.64 Å². The topological polar surface area (TPSA) is 55.8 Å². The maximum Gasteiger partial charge on any atom is 0.315 e. The van der Waals surface area contributed by atoms with Crippen LogP contribution in [-0.2, 0) is 14.3 Å². The third kappa shape index (κ3) is 3.89. The number of amides is 1. The molecule has 132 valence electrons. The number of nitrogens with zero attached hydrogens (tertiary/aromatic N) is 1. The highest BCUT2D eigenvalue weighted by molar-refractivity contribution is 6.04. The van der Waals surface area contributed by atoms with Gasteiger partial charge in [-0.25, -0.2) is 0 Å². The number of carbonyl (C=O) groups is 2. The molecule has 1 aromatic rings. The highest BCUT2D eigenvalue weighted by atomic mass is 16.5. The number of benzene rings is 1. The second kappa shape index (κ2) is 7.69. The van der Waals surface area contributed by atoms with E-state index in [1.807, 2.05) is 18.2 Å². The molecule has 24 heavy (non-hydrogen) atoms.